The van der Waals surface area contributed by atoms with Gasteiger partial charge in [-0.3, -0.25) is 0 Å². The van der Waals surface area contributed by atoms with Crippen LogP contribution < -0.4 is 5.32 Å². The number of carbonyl (C=O) groups excluding carboxylic acids is 1. The van der Waals surface area contributed by atoms with Crippen molar-refractivity contribution in [1.29, 1.82) is 0 Å². The Labute approximate surface area is 124 Å². The molecule has 0 heterocycles. The maximum absolute atomic E-state index is 12.1. The van der Waals surface area contributed by atoms with Gasteiger partial charge in [-0.05, 0) is 49.9 Å². The van der Waals surface area contributed by atoms with E-state index in [0.29, 0.717) is 5.92 Å². The van der Waals surface area contributed by atoms with Crippen LogP contribution in [-0.4, -0.2) is 24.0 Å². The average Bonchev–Trinajstić information content (AvgIpc) is 2.32. The van der Waals surface area contributed by atoms with Gasteiger partial charge in [-0.2, -0.15) is 0 Å². The summed E-state index contributed by atoms with van der Waals surface area (Å²) in [4.78, 5) is 13.9. The highest BCUT2D eigenvalue weighted by Crippen LogP contribution is 2.20. The number of hydrogen-bond acceptors (Lipinski definition) is 1. The van der Waals surface area contributed by atoms with Crippen molar-refractivity contribution in [1.82, 2.24) is 4.90 Å². The largest absolute Gasteiger partial charge is 0.325 e. The van der Waals surface area contributed by atoms with Crippen LogP contribution in [0, 0.1) is 12.8 Å². The first-order valence-electron chi connectivity index (χ1n) is 6.61. The molecule has 1 aromatic rings. The van der Waals surface area contributed by atoms with Crippen molar-refractivity contribution < 1.29 is 4.79 Å². The Morgan fingerprint density at radius 1 is 1.37 bits per heavy atom. The van der Waals surface area contributed by atoms with Gasteiger partial charge in [-0.1, -0.05) is 29.8 Å². The minimum Gasteiger partial charge on any atom is -0.325 e. The van der Waals surface area contributed by atoms with Crippen LogP contribution in [-0.2, 0) is 0 Å². The van der Waals surface area contributed by atoms with E-state index in [1.807, 2.05) is 32.2 Å². The number of aryl methyl sites for hydroxylation is 1. The molecule has 0 aliphatic carbocycles. The van der Waals surface area contributed by atoms with Crippen molar-refractivity contribution in [3.8, 4) is 0 Å². The van der Waals surface area contributed by atoms with Crippen LogP contribution in [0.1, 0.15) is 32.8 Å². The highest BCUT2D eigenvalue weighted by atomic mass is 79.9. The molecule has 1 aromatic carbocycles. The molecular formula is C15H23BrN2O. The minimum absolute atomic E-state index is 0.0603. The van der Waals surface area contributed by atoms with Gasteiger partial charge < -0.3 is 10.2 Å². The van der Waals surface area contributed by atoms with Gasteiger partial charge in [0, 0.05) is 23.2 Å². The van der Waals surface area contributed by atoms with E-state index >= 15 is 0 Å². The number of halogens is 1. The zero-order chi connectivity index (χ0) is 14.6. The molecule has 0 saturated heterocycles. The zero-order valence-corrected chi connectivity index (χ0v) is 13.9. The highest BCUT2D eigenvalue weighted by Gasteiger charge is 2.16. The molecule has 19 heavy (non-hydrogen) atoms. The summed E-state index contributed by atoms with van der Waals surface area (Å²) in [7, 11) is 1.84. The Bertz CT molecular complexity index is 446. The van der Waals surface area contributed by atoms with Crippen LogP contribution in [0.4, 0.5) is 10.5 Å². The molecule has 0 aliphatic heterocycles. The van der Waals surface area contributed by atoms with E-state index in [-0.39, 0.29) is 12.1 Å². The van der Waals surface area contributed by atoms with Gasteiger partial charge in [0.2, 0.25) is 0 Å². The number of amides is 2. The second-order valence-corrected chi connectivity index (χ2v) is 6.34. The number of nitrogens with zero attached hydrogens (tertiary/aromatic N) is 1. The van der Waals surface area contributed by atoms with E-state index in [1.165, 1.54) is 0 Å². The van der Waals surface area contributed by atoms with Gasteiger partial charge in [-0.25, -0.2) is 4.79 Å². The lowest BCUT2D eigenvalue weighted by Crippen LogP contribution is -2.38. The summed E-state index contributed by atoms with van der Waals surface area (Å²) in [5, 5.41) is 2.93. The average molecular weight is 327 g/mol. The van der Waals surface area contributed by atoms with Crippen molar-refractivity contribution in [2.45, 2.75) is 40.2 Å². The van der Waals surface area contributed by atoms with Crippen molar-refractivity contribution in [3.63, 3.8) is 0 Å². The van der Waals surface area contributed by atoms with Crippen LogP contribution in [0.25, 0.3) is 0 Å². The van der Waals surface area contributed by atoms with E-state index in [4.69, 9.17) is 0 Å². The number of rotatable bonds is 4. The number of benzene rings is 1. The first-order valence-corrected chi connectivity index (χ1v) is 7.40. The third-order valence-electron chi connectivity index (χ3n) is 3.20. The molecule has 1 N–H and O–H groups in total. The number of anilines is 1. The minimum atomic E-state index is -0.0603. The third-order valence-corrected chi connectivity index (χ3v) is 4.09. The summed E-state index contributed by atoms with van der Waals surface area (Å²) in [6, 6.07) is 5.98. The van der Waals surface area contributed by atoms with Crippen LogP contribution >= 0.6 is 15.9 Å². The smallest absolute Gasteiger partial charge is 0.321 e. The maximum atomic E-state index is 12.1. The second kappa shape index (κ2) is 6.94. The van der Waals surface area contributed by atoms with Crippen LogP contribution in [0.3, 0.4) is 0 Å². The number of nitrogens with one attached hydrogen (secondary N) is 1. The lowest BCUT2D eigenvalue weighted by molar-refractivity contribution is 0.200. The van der Waals surface area contributed by atoms with Crippen LogP contribution in [0.15, 0.2) is 22.7 Å². The van der Waals surface area contributed by atoms with E-state index in [9.17, 15) is 4.79 Å². The molecule has 1 rings (SSSR count). The zero-order valence-electron chi connectivity index (χ0n) is 12.3. The molecule has 0 spiro atoms. The molecule has 0 aliphatic rings. The van der Waals surface area contributed by atoms with Gasteiger partial charge in [0.05, 0.1) is 0 Å². The summed E-state index contributed by atoms with van der Waals surface area (Å²) in [5.41, 5.74) is 1.94. The van der Waals surface area contributed by atoms with Gasteiger partial charge >= 0.3 is 6.03 Å². The van der Waals surface area contributed by atoms with Crippen molar-refractivity contribution in [2.75, 3.05) is 12.4 Å². The topological polar surface area (TPSA) is 32.3 Å². The number of carbonyl (C=O) groups is 1. The number of urea groups is 1. The van der Waals surface area contributed by atoms with Crippen LogP contribution in [0.5, 0.6) is 0 Å². The Morgan fingerprint density at radius 2 is 2.00 bits per heavy atom. The van der Waals surface area contributed by atoms with Crippen molar-refractivity contribution >= 4 is 27.6 Å². The summed E-state index contributed by atoms with van der Waals surface area (Å²) in [6.07, 6.45) is 1.00. The lowest BCUT2D eigenvalue weighted by atomic mass is 10.0. The summed E-state index contributed by atoms with van der Waals surface area (Å²) < 4.78 is 1.05. The normalized spacial score (nSPS) is 12.4. The van der Waals surface area contributed by atoms with Gasteiger partial charge in [0.15, 0.2) is 0 Å². The molecule has 3 nitrogen and oxygen atoms in total. The quantitative estimate of drug-likeness (QED) is 0.857. The molecule has 0 unspecified atom stereocenters. The predicted molar refractivity (Wildman–Crippen MR) is 84.6 cm³/mol. The monoisotopic (exact) mass is 326 g/mol. The second-order valence-electron chi connectivity index (χ2n) is 5.48. The molecule has 0 radical (unpaired) electrons. The summed E-state index contributed by atoms with van der Waals surface area (Å²) >= 11 is 3.45. The predicted octanol–water partition coefficient (Wildman–Crippen LogP) is 4.66. The molecular weight excluding hydrogens is 304 g/mol. The summed E-state index contributed by atoms with van der Waals surface area (Å²) in [6.45, 7) is 8.41. The molecule has 0 fully saturated rings. The molecule has 1 atom stereocenters. The first kappa shape index (κ1) is 16.0. The van der Waals surface area contributed by atoms with E-state index < -0.39 is 0 Å². The van der Waals surface area contributed by atoms with Gasteiger partial charge in [0.25, 0.3) is 0 Å². The highest BCUT2D eigenvalue weighted by molar-refractivity contribution is 9.10. The van der Waals surface area contributed by atoms with Gasteiger partial charge in [-0.15, -0.1) is 0 Å². The third kappa shape index (κ3) is 4.86. The standard InChI is InChI=1S/C15H23BrN2O/c1-10(2)8-12(4)18(5)15(19)17-13-6-7-14(16)11(3)9-13/h6-7,9-10,12H,8H2,1-5H3,(H,17,19)/t12-/m1/s1. The molecule has 2 amide bonds. The molecule has 106 valence electrons. The van der Waals surface area contributed by atoms with E-state index in [0.717, 1.165) is 22.1 Å². The SMILES string of the molecule is Cc1cc(NC(=O)N(C)[C@H](C)CC(C)C)ccc1Br. The Hall–Kier alpha value is -1.03. The fourth-order valence-electron chi connectivity index (χ4n) is 1.97. The molecule has 0 bridgehead atoms. The van der Waals surface area contributed by atoms with E-state index in [1.54, 1.807) is 4.90 Å². The van der Waals surface area contributed by atoms with Gasteiger partial charge in [0.1, 0.15) is 0 Å². The Balaban J connectivity index is 2.65. The first-order chi connectivity index (χ1) is 8.81. The van der Waals surface area contributed by atoms with Crippen LogP contribution in [0.2, 0.25) is 0 Å². The number of hydrogen-bond donors (Lipinski definition) is 1. The molecule has 4 heteroatoms. The molecule has 0 saturated carbocycles. The fraction of sp³-hybridized carbons (Fsp3) is 0.533. The van der Waals surface area contributed by atoms with Crippen molar-refractivity contribution in [3.05, 3.63) is 28.2 Å². The van der Waals surface area contributed by atoms with E-state index in [2.05, 4.69) is 42.0 Å². The van der Waals surface area contributed by atoms with Crippen molar-refractivity contribution in [2.24, 2.45) is 5.92 Å². The summed E-state index contributed by atoms with van der Waals surface area (Å²) in [5.74, 6) is 0.583. The Morgan fingerprint density at radius 3 is 2.53 bits per heavy atom. The lowest BCUT2D eigenvalue weighted by Gasteiger charge is -2.26. The maximum Gasteiger partial charge on any atom is 0.321 e. The fourth-order valence-corrected chi connectivity index (χ4v) is 2.22. The Kier molecular flexibility index (Phi) is 5.85. The molecule has 0 aromatic heterocycles.